The lowest BCUT2D eigenvalue weighted by molar-refractivity contribution is 0.0997. The van der Waals surface area contributed by atoms with Gasteiger partial charge in [0, 0.05) is 11.1 Å². The van der Waals surface area contributed by atoms with E-state index >= 15 is 0 Å². The van der Waals surface area contributed by atoms with Crippen LogP contribution >= 0.6 is 0 Å². The minimum atomic E-state index is -0.545. The van der Waals surface area contributed by atoms with E-state index in [9.17, 15) is 9.59 Å². The van der Waals surface area contributed by atoms with Gasteiger partial charge in [-0.15, -0.1) is 0 Å². The highest BCUT2D eigenvalue weighted by molar-refractivity contribution is 5.97. The van der Waals surface area contributed by atoms with Gasteiger partial charge in [0.05, 0.1) is 19.0 Å². The van der Waals surface area contributed by atoms with Crippen LogP contribution in [0.15, 0.2) is 54.6 Å². The van der Waals surface area contributed by atoms with E-state index < -0.39 is 6.09 Å². The van der Waals surface area contributed by atoms with Gasteiger partial charge in [0.15, 0.2) is 5.78 Å². The van der Waals surface area contributed by atoms with Crippen molar-refractivity contribution in [3.05, 3.63) is 71.3 Å². The van der Waals surface area contributed by atoms with Crippen LogP contribution in [-0.4, -0.2) is 18.4 Å². The number of nitrogens with one attached hydrogen (secondary N) is 1. The molecule has 0 aromatic heterocycles. The van der Waals surface area contributed by atoms with Gasteiger partial charge in [-0.25, -0.2) is 4.79 Å². The third-order valence-corrected chi connectivity index (χ3v) is 3.19. The van der Waals surface area contributed by atoms with E-state index in [0.717, 1.165) is 5.56 Å². The number of nitrogens with zero attached hydrogens (tertiary/aromatic N) is 1. The normalized spacial score (nSPS) is 9.24. The number of Topliss-reactive ketones (excluding diaryl/α,β-unsaturated/α-hetero) is 1. The van der Waals surface area contributed by atoms with E-state index in [1.54, 1.807) is 24.3 Å². The van der Waals surface area contributed by atoms with Gasteiger partial charge in [-0.2, -0.15) is 5.26 Å². The van der Waals surface area contributed by atoms with E-state index in [-0.39, 0.29) is 25.4 Å². The molecular formula is C20H16N2O3. The number of carbonyl (C=O) groups excluding carboxylic acids is 2. The monoisotopic (exact) mass is 332 g/mol. The highest BCUT2D eigenvalue weighted by Crippen LogP contribution is 2.06. The first-order valence-electron chi connectivity index (χ1n) is 7.62. The number of benzene rings is 2. The van der Waals surface area contributed by atoms with Crippen LogP contribution in [0, 0.1) is 23.2 Å². The maximum atomic E-state index is 11.7. The molecule has 0 bridgehead atoms. The molecule has 0 unspecified atom stereocenters. The summed E-state index contributed by atoms with van der Waals surface area (Å²) < 4.78 is 5.06. The van der Waals surface area contributed by atoms with Crippen molar-refractivity contribution in [2.24, 2.45) is 0 Å². The molecule has 0 fully saturated rings. The minimum Gasteiger partial charge on any atom is -0.445 e. The Bertz CT molecular complexity index is 842. The van der Waals surface area contributed by atoms with Crippen molar-refractivity contribution in [2.75, 3.05) is 6.54 Å². The van der Waals surface area contributed by atoms with Crippen molar-refractivity contribution < 1.29 is 14.3 Å². The lowest BCUT2D eigenvalue weighted by Crippen LogP contribution is -2.24. The average molecular weight is 332 g/mol. The number of hydrogen-bond donors (Lipinski definition) is 1. The Morgan fingerprint density at radius 3 is 2.64 bits per heavy atom. The summed E-state index contributed by atoms with van der Waals surface area (Å²) in [4.78, 5) is 23.2. The fraction of sp³-hybridized carbons (Fsp3) is 0.150. The molecule has 5 nitrogen and oxygen atoms in total. The number of amides is 1. The first kappa shape index (κ1) is 17.8. The van der Waals surface area contributed by atoms with Gasteiger partial charge in [0.1, 0.15) is 6.61 Å². The summed E-state index contributed by atoms with van der Waals surface area (Å²) in [6.45, 7) is 0.327. The number of carbonyl (C=O) groups is 2. The molecule has 124 valence electrons. The van der Waals surface area contributed by atoms with Crippen molar-refractivity contribution in [1.29, 1.82) is 5.26 Å². The van der Waals surface area contributed by atoms with Crippen LogP contribution in [0.4, 0.5) is 4.79 Å². The Labute approximate surface area is 146 Å². The lowest BCUT2D eigenvalue weighted by Gasteiger charge is -2.04. The third-order valence-electron chi connectivity index (χ3n) is 3.19. The summed E-state index contributed by atoms with van der Waals surface area (Å²) in [5.41, 5.74) is 1.99. The topological polar surface area (TPSA) is 79.2 Å². The molecule has 0 heterocycles. The van der Waals surface area contributed by atoms with Crippen LogP contribution in [0.25, 0.3) is 0 Å². The second-order valence-electron chi connectivity index (χ2n) is 5.06. The van der Waals surface area contributed by atoms with Crippen LogP contribution < -0.4 is 5.32 Å². The van der Waals surface area contributed by atoms with E-state index in [4.69, 9.17) is 10.00 Å². The van der Waals surface area contributed by atoms with Crippen molar-refractivity contribution in [1.82, 2.24) is 5.32 Å². The van der Waals surface area contributed by atoms with Gasteiger partial charge >= 0.3 is 6.09 Å². The number of nitriles is 1. The third kappa shape index (κ3) is 6.21. The Morgan fingerprint density at radius 2 is 1.88 bits per heavy atom. The van der Waals surface area contributed by atoms with E-state index in [1.165, 1.54) is 0 Å². The molecule has 0 saturated heterocycles. The maximum absolute atomic E-state index is 11.7. The molecule has 0 saturated carbocycles. The van der Waals surface area contributed by atoms with E-state index in [2.05, 4.69) is 17.2 Å². The first-order chi connectivity index (χ1) is 12.2. The summed E-state index contributed by atoms with van der Waals surface area (Å²) in [6.07, 6.45) is -0.706. The van der Waals surface area contributed by atoms with Crippen LogP contribution in [-0.2, 0) is 11.3 Å². The standard InChI is InChI=1S/C20H16N2O3/c21-12-11-19(23)18-10-4-8-16(14-18)9-5-13-22-20(24)25-15-17-6-2-1-3-7-17/h1-4,6-8,10,14H,11,13,15H2,(H,22,24). The number of alkyl carbamates (subject to hydrolysis) is 1. The van der Waals surface area contributed by atoms with E-state index in [0.29, 0.717) is 11.1 Å². The van der Waals surface area contributed by atoms with Crippen LogP contribution in [0.5, 0.6) is 0 Å². The number of ether oxygens (including phenoxy) is 1. The molecule has 5 heteroatoms. The predicted molar refractivity (Wildman–Crippen MR) is 92.5 cm³/mol. The van der Waals surface area contributed by atoms with Crippen molar-refractivity contribution in [2.45, 2.75) is 13.0 Å². The van der Waals surface area contributed by atoms with Gasteiger partial charge in [-0.3, -0.25) is 4.79 Å². The van der Waals surface area contributed by atoms with E-state index in [1.807, 2.05) is 36.4 Å². The quantitative estimate of drug-likeness (QED) is 0.674. The number of ketones is 1. The Hall–Kier alpha value is -3.57. The Morgan fingerprint density at radius 1 is 1.08 bits per heavy atom. The molecule has 0 spiro atoms. The summed E-state index contributed by atoms with van der Waals surface area (Å²) in [5.74, 6) is 5.40. The molecule has 0 atom stereocenters. The highest BCUT2D eigenvalue weighted by Gasteiger charge is 2.04. The Balaban J connectivity index is 1.80. The SMILES string of the molecule is N#CCC(=O)c1cccc(C#CCNC(=O)OCc2ccccc2)c1. The second-order valence-corrected chi connectivity index (χ2v) is 5.06. The summed E-state index contributed by atoms with van der Waals surface area (Å²) in [7, 11) is 0. The number of hydrogen-bond acceptors (Lipinski definition) is 4. The van der Waals surface area contributed by atoms with Gasteiger partial charge in [0.2, 0.25) is 0 Å². The fourth-order valence-electron chi connectivity index (χ4n) is 1.98. The molecular weight excluding hydrogens is 316 g/mol. The van der Waals surface area contributed by atoms with Gasteiger partial charge < -0.3 is 10.1 Å². The minimum absolute atomic E-state index is 0.129. The van der Waals surface area contributed by atoms with Gasteiger partial charge in [-0.05, 0) is 17.7 Å². The van der Waals surface area contributed by atoms with Crippen LogP contribution in [0.3, 0.4) is 0 Å². The zero-order valence-electron chi connectivity index (χ0n) is 13.5. The van der Waals surface area contributed by atoms with Gasteiger partial charge in [0.25, 0.3) is 0 Å². The molecule has 25 heavy (non-hydrogen) atoms. The maximum Gasteiger partial charge on any atom is 0.408 e. The predicted octanol–water partition coefficient (Wildman–Crippen LogP) is 3.06. The largest absolute Gasteiger partial charge is 0.445 e. The summed E-state index contributed by atoms with van der Waals surface area (Å²) >= 11 is 0. The molecule has 0 aliphatic carbocycles. The summed E-state index contributed by atoms with van der Waals surface area (Å²) in [6, 6.07) is 17.9. The molecule has 0 aliphatic heterocycles. The van der Waals surface area contributed by atoms with Gasteiger partial charge in [-0.1, -0.05) is 54.3 Å². The van der Waals surface area contributed by atoms with Crippen molar-refractivity contribution in [3.8, 4) is 17.9 Å². The van der Waals surface area contributed by atoms with Crippen LogP contribution in [0.1, 0.15) is 27.9 Å². The number of rotatable bonds is 5. The zero-order chi connectivity index (χ0) is 17.9. The molecule has 1 amide bonds. The smallest absolute Gasteiger partial charge is 0.408 e. The molecule has 2 aromatic carbocycles. The fourth-order valence-corrected chi connectivity index (χ4v) is 1.98. The van der Waals surface area contributed by atoms with Crippen LogP contribution in [0.2, 0.25) is 0 Å². The Kier molecular flexibility index (Phi) is 6.79. The van der Waals surface area contributed by atoms with Crippen molar-refractivity contribution in [3.63, 3.8) is 0 Å². The summed E-state index contributed by atoms with van der Waals surface area (Å²) in [5, 5.41) is 11.1. The molecule has 0 radical (unpaired) electrons. The molecule has 1 N–H and O–H groups in total. The van der Waals surface area contributed by atoms with Crippen molar-refractivity contribution >= 4 is 11.9 Å². The average Bonchev–Trinajstić information content (AvgIpc) is 2.65. The molecule has 0 aliphatic rings. The molecule has 2 rings (SSSR count). The molecule has 2 aromatic rings. The lowest BCUT2D eigenvalue weighted by atomic mass is 10.1. The first-order valence-corrected chi connectivity index (χ1v) is 7.62. The zero-order valence-corrected chi connectivity index (χ0v) is 13.5. The highest BCUT2D eigenvalue weighted by atomic mass is 16.5. The second kappa shape index (κ2) is 9.54.